The van der Waals surface area contributed by atoms with E-state index in [1.165, 1.54) is 5.56 Å². The predicted octanol–water partition coefficient (Wildman–Crippen LogP) is 3.49. The number of hydrogen-bond acceptors (Lipinski definition) is 3. The van der Waals surface area contributed by atoms with Crippen LogP contribution < -0.4 is 5.32 Å². The van der Waals surface area contributed by atoms with Gasteiger partial charge in [0.2, 0.25) is 5.91 Å². The molecule has 0 bridgehead atoms. The molecule has 0 radical (unpaired) electrons. The van der Waals surface area contributed by atoms with Gasteiger partial charge in [0.1, 0.15) is 0 Å². The maximum absolute atomic E-state index is 12.7. The van der Waals surface area contributed by atoms with Gasteiger partial charge in [-0.1, -0.05) is 48.5 Å². The molecule has 2 aromatic carbocycles. The molecule has 160 valence electrons. The first kappa shape index (κ1) is 22.0. The van der Waals surface area contributed by atoms with Crippen LogP contribution in [0.1, 0.15) is 40.7 Å². The Morgan fingerprint density at radius 3 is 2.40 bits per heavy atom. The summed E-state index contributed by atoms with van der Waals surface area (Å²) < 4.78 is 0. The van der Waals surface area contributed by atoms with Crippen molar-refractivity contribution in [3.05, 3.63) is 71.3 Å². The number of piperidine rings is 1. The Morgan fingerprint density at radius 2 is 1.70 bits per heavy atom. The molecule has 1 heterocycles. The van der Waals surface area contributed by atoms with Gasteiger partial charge in [-0.05, 0) is 57.0 Å². The van der Waals surface area contributed by atoms with Crippen LogP contribution in [0.4, 0.5) is 0 Å². The minimum atomic E-state index is 0.00738. The third-order valence-corrected chi connectivity index (χ3v) is 5.84. The van der Waals surface area contributed by atoms with Crippen molar-refractivity contribution in [2.45, 2.75) is 32.7 Å². The van der Waals surface area contributed by atoms with Crippen LogP contribution in [0.15, 0.2) is 54.6 Å². The Hall–Kier alpha value is -2.66. The van der Waals surface area contributed by atoms with Gasteiger partial charge >= 0.3 is 0 Å². The van der Waals surface area contributed by atoms with Crippen LogP contribution in [0, 0.1) is 12.8 Å². The number of nitrogens with one attached hydrogen (secondary N) is 1. The summed E-state index contributed by atoms with van der Waals surface area (Å²) in [5.41, 5.74) is 3.07. The van der Waals surface area contributed by atoms with Crippen LogP contribution in [0.2, 0.25) is 0 Å². The molecule has 2 amide bonds. The van der Waals surface area contributed by atoms with E-state index in [2.05, 4.69) is 41.5 Å². The summed E-state index contributed by atoms with van der Waals surface area (Å²) in [5.74, 6) is 0.213. The van der Waals surface area contributed by atoms with Crippen molar-refractivity contribution >= 4 is 11.8 Å². The second kappa shape index (κ2) is 10.9. The fourth-order valence-corrected chi connectivity index (χ4v) is 4.01. The lowest BCUT2D eigenvalue weighted by molar-refractivity contribution is -0.126. The number of nitrogens with zero attached hydrogens (tertiary/aromatic N) is 2. The van der Waals surface area contributed by atoms with Gasteiger partial charge in [-0.25, -0.2) is 0 Å². The van der Waals surface area contributed by atoms with Crippen molar-refractivity contribution < 1.29 is 9.59 Å². The Kier molecular flexibility index (Phi) is 8.03. The molecule has 0 spiro atoms. The molecule has 0 unspecified atom stereocenters. The van der Waals surface area contributed by atoms with Crippen LogP contribution in [-0.2, 0) is 11.3 Å². The highest BCUT2D eigenvalue weighted by Gasteiger charge is 2.28. The standard InChI is InChI=1S/C25H33N3O2/c1-20-9-6-7-12-23(20)25(30)28-17-13-22(14-18-28)24(29)26-15-8-16-27(2)19-21-10-4-3-5-11-21/h3-7,9-12,22H,8,13-19H2,1-2H3,(H,26,29). The summed E-state index contributed by atoms with van der Waals surface area (Å²) in [5, 5.41) is 3.09. The SMILES string of the molecule is Cc1ccccc1C(=O)N1CCC(C(=O)NCCCN(C)Cc2ccccc2)CC1. The molecule has 0 aliphatic carbocycles. The Bertz CT molecular complexity index is 829. The zero-order valence-corrected chi connectivity index (χ0v) is 18.1. The summed E-state index contributed by atoms with van der Waals surface area (Å²) in [7, 11) is 2.11. The van der Waals surface area contributed by atoms with Gasteiger partial charge in [-0.2, -0.15) is 0 Å². The lowest BCUT2D eigenvalue weighted by Gasteiger charge is -2.31. The third-order valence-electron chi connectivity index (χ3n) is 5.84. The van der Waals surface area contributed by atoms with Gasteiger partial charge in [0, 0.05) is 37.7 Å². The van der Waals surface area contributed by atoms with Gasteiger partial charge in [-0.15, -0.1) is 0 Å². The summed E-state index contributed by atoms with van der Waals surface area (Å²) in [6.45, 7) is 5.81. The first-order chi connectivity index (χ1) is 14.5. The van der Waals surface area contributed by atoms with Crippen molar-refractivity contribution in [1.82, 2.24) is 15.1 Å². The molecule has 1 saturated heterocycles. The van der Waals surface area contributed by atoms with E-state index in [1.807, 2.05) is 42.2 Å². The van der Waals surface area contributed by atoms with Crippen molar-refractivity contribution in [3.8, 4) is 0 Å². The highest BCUT2D eigenvalue weighted by Crippen LogP contribution is 2.20. The number of hydrogen-bond donors (Lipinski definition) is 1. The van der Waals surface area contributed by atoms with Gasteiger partial charge in [0.05, 0.1) is 0 Å². The predicted molar refractivity (Wildman–Crippen MR) is 120 cm³/mol. The molecule has 1 aliphatic heterocycles. The lowest BCUT2D eigenvalue weighted by atomic mass is 9.95. The van der Waals surface area contributed by atoms with E-state index in [4.69, 9.17) is 0 Å². The fourth-order valence-electron chi connectivity index (χ4n) is 4.01. The number of carbonyl (C=O) groups excluding carboxylic acids is 2. The number of carbonyl (C=O) groups is 2. The van der Waals surface area contributed by atoms with Gasteiger partial charge in [0.15, 0.2) is 0 Å². The maximum Gasteiger partial charge on any atom is 0.254 e. The molecule has 1 fully saturated rings. The van der Waals surface area contributed by atoms with Crippen molar-refractivity contribution in [2.75, 3.05) is 33.2 Å². The smallest absolute Gasteiger partial charge is 0.254 e. The van der Waals surface area contributed by atoms with E-state index in [9.17, 15) is 9.59 Å². The molecule has 1 N–H and O–H groups in total. The number of amides is 2. The second-order valence-electron chi connectivity index (χ2n) is 8.25. The van der Waals surface area contributed by atoms with Gasteiger partial charge in [-0.3, -0.25) is 9.59 Å². The molecule has 3 rings (SSSR count). The van der Waals surface area contributed by atoms with Crippen molar-refractivity contribution in [2.24, 2.45) is 5.92 Å². The first-order valence-electron chi connectivity index (χ1n) is 10.9. The molecule has 2 aromatic rings. The highest BCUT2D eigenvalue weighted by molar-refractivity contribution is 5.95. The van der Waals surface area contributed by atoms with Gasteiger partial charge in [0.25, 0.3) is 5.91 Å². The van der Waals surface area contributed by atoms with Crippen LogP contribution >= 0.6 is 0 Å². The monoisotopic (exact) mass is 407 g/mol. The molecule has 30 heavy (non-hydrogen) atoms. The van der Waals surface area contributed by atoms with E-state index in [0.717, 1.165) is 43.5 Å². The van der Waals surface area contributed by atoms with E-state index >= 15 is 0 Å². The minimum Gasteiger partial charge on any atom is -0.356 e. The van der Waals surface area contributed by atoms with Crippen LogP contribution in [0.5, 0.6) is 0 Å². The van der Waals surface area contributed by atoms with E-state index < -0.39 is 0 Å². The van der Waals surface area contributed by atoms with Crippen LogP contribution in [-0.4, -0.2) is 54.8 Å². The molecular weight excluding hydrogens is 374 g/mol. The number of likely N-dealkylation sites (tertiary alicyclic amines) is 1. The summed E-state index contributed by atoms with van der Waals surface area (Å²) in [4.78, 5) is 29.4. The second-order valence-corrected chi connectivity index (χ2v) is 8.25. The Balaban J connectivity index is 1.34. The van der Waals surface area contributed by atoms with Crippen LogP contribution in [0.3, 0.4) is 0 Å². The largest absolute Gasteiger partial charge is 0.356 e. The Labute approximate surface area is 180 Å². The molecule has 1 aliphatic rings. The van der Waals surface area contributed by atoms with Gasteiger partial charge < -0.3 is 15.1 Å². The molecule has 5 nitrogen and oxygen atoms in total. The average molecular weight is 408 g/mol. The Morgan fingerprint density at radius 1 is 1.03 bits per heavy atom. The number of aryl methyl sites for hydroxylation is 1. The molecule has 5 heteroatoms. The highest BCUT2D eigenvalue weighted by atomic mass is 16.2. The molecule has 0 atom stereocenters. The maximum atomic E-state index is 12.7. The quantitative estimate of drug-likeness (QED) is 0.682. The summed E-state index contributed by atoms with van der Waals surface area (Å²) in [6, 6.07) is 18.1. The normalized spacial score (nSPS) is 14.7. The number of rotatable bonds is 8. The summed E-state index contributed by atoms with van der Waals surface area (Å²) >= 11 is 0. The molecule has 0 aromatic heterocycles. The first-order valence-corrected chi connectivity index (χ1v) is 10.9. The lowest BCUT2D eigenvalue weighted by Crippen LogP contribution is -2.43. The zero-order valence-electron chi connectivity index (χ0n) is 18.1. The van der Waals surface area contributed by atoms with E-state index in [0.29, 0.717) is 19.6 Å². The van der Waals surface area contributed by atoms with Crippen molar-refractivity contribution in [3.63, 3.8) is 0 Å². The summed E-state index contributed by atoms with van der Waals surface area (Å²) in [6.07, 6.45) is 2.40. The topological polar surface area (TPSA) is 52.7 Å². The fraction of sp³-hybridized carbons (Fsp3) is 0.440. The van der Waals surface area contributed by atoms with E-state index in [-0.39, 0.29) is 17.7 Å². The average Bonchev–Trinajstić information content (AvgIpc) is 2.77. The van der Waals surface area contributed by atoms with E-state index in [1.54, 1.807) is 0 Å². The third kappa shape index (κ3) is 6.17. The van der Waals surface area contributed by atoms with Crippen molar-refractivity contribution in [1.29, 1.82) is 0 Å². The zero-order chi connectivity index (χ0) is 21.3. The number of benzene rings is 2. The minimum absolute atomic E-state index is 0.00738. The molecule has 0 saturated carbocycles. The molecular formula is C25H33N3O2. The van der Waals surface area contributed by atoms with Crippen LogP contribution in [0.25, 0.3) is 0 Å².